The molecular formula is C15H18N4O3S2. The summed E-state index contributed by atoms with van der Waals surface area (Å²) in [7, 11) is 0. The molecule has 0 aromatic carbocycles. The first-order chi connectivity index (χ1) is 11.5. The van der Waals surface area contributed by atoms with Crippen LogP contribution in [-0.2, 0) is 17.6 Å². The number of rotatable bonds is 4. The van der Waals surface area contributed by atoms with Crippen molar-refractivity contribution in [2.45, 2.75) is 37.1 Å². The first-order valence-corrected chi connectivity index (χ1v) is 9.75. The third kappa shape index (κ3) is 3.05. The molecule has 3 rings (SSSR count). The highest BCUT2D eigenvalue weighted by atomic mass is 32.2. The van der Waals surface area contributed by atoms with Gasteiger partial charge in [-0.05, 0) is 31.9 Å². The normalized spacial score (nSPS) is 14.2. The van der Waals surface area contributed by atoms with Gasteiger partial charge in [-0.15, -0.1) is 23.1 Å². The molecule has 0 bridgehead atoms. The van der Waals surface area contributed by atoms with E-state index in [-0.39, 0.29) is 17.7 Å². The summed E-state index contributed by atoms with van der Waals surface area (Å²) in [5.74, 6) is -1.27. The van der Waals surface area contributed by atoms with Gasteiger partial charge in [-0.3, -0.25) is 18.8 Å². The number of nitrogens with zero attached hydrogens (tertiary/aromatic N) is 2. The molecule has 1 aliphatic rings. The smallest absolute Gasteiger partial charge is 0.272 e. The summed E-state index contributed by atoms with van der Waals surface area (Å²) in [6.07, 6.45) is 6.80. The Bertz CT molecular complexity index is 872. The third-order valence-electron chi connectivity index (χ3n) is 3.99. The number of amides is 2. The summed E-state index contributed by atoms with van der Waals surface area (Å²) in [6.45, 7) is -0.309. The molecule has 7 nitrogen and oxygen atoms in total. The maximum absolute atomic E-state index is 13.0. The fourth-order valence-corrected chi connectivity index (χ4v) is 4.70. The molecule has 128 valence electrons. The van der Waals surface area contributed by atoms with Crippen molar-refractivity contribution in [1.82, 2.24) is 14.7 Å². The highest BCUT2D eigenvalue weighted by Gasteiger charge is 2.24. The van der Waals surface area contributed by atoms with E-state index in [2.05, 4.69) is 10.3 Å². The second-order valence-corrected chi connectivity index (χ2v) is 7.46. The highest BCUT2D eigenvalue weighted by molar-refractivity contribution is 7.98. The Kier molecular flexibility index (Phi) is 4.91. The van der Waals surface area contributed by atoms with Gasteiger partial charge >= 0.3 is 0 Å². The van der Waals surface area contributed by atoms with Crippen LogP contribution in [0.1, 0.15) is 40.2 Å². The largest absolute Gasteiger partial charge is 0.368 e. The second kappa shape index (κ2) is 6.94. The van der Waals surface area contributed by atoms with Crippen LogP contribution in [0.2, 0.25) is 0 Å². The lowest BCUT2D eigenvalue weighted by molar-refractivity contribution is -0.117. The van der Waals surface area contributed by atoms with E-state index in [1.54, 1.807) is 10.7 Å². The fraction of sp³-hybridized carbons (Fsp3) is 0.467. The highest BCUT2D eigenvalue weighted by Crippen LogP contribution is 2.29. The van der Waals surface area contributed by atoms with Crippen LogP contribution >= 0.6 is 23.1 Å². The average molecular weight is 366 g/mol. The molecule has 9 heteroatoms. The van der Waals surface area contributed by atoms with Gasteiger partial charge < -0.3 is 11.1 Å². The predicted octanol–water partition coefficient (Wildman–Crippen LogP) is 0.962. The SMILES string of the molecule is CSc1nc2sc3c(n2c(=O)c1C(=O)NCC(N)=O)CCCCC3. The molecule has 2 aromatic heterocycles. The van der Waals surface area contributed by atoms with Crippen LogP contribution in [0.4, 0.5) is 0 Å². The van der Waals surface area contributed by atoms with Gasteiger partial charge in [0.1, 0.15) is 10.6 Å². The zero-order chi connectivity index (χ0) is 17.3. The molecule has 3 N–H and O–H groups in total. The minimum absolute atomic E-state index is 0.0221. The third-order valence-corrected chi connectivity index (χ3v) is 5.81. The van der Waals surface area contributed by atoms with E-state index in [0.29, 0.717) is 9.99 Å². The molecule has 24 heavy (non-hydrogen) atoms. The number of carbonyl (C=O) groups is 2. The number of carbonyl (C=O) groups excluding carboxylic acids is 2. The number of primary amides is 1. The van der Waals surface area contributed by atoms with E-state index < -0.39 is 11.8 Å². The molecule has 2 heterocycles. The zero-order valence-corrected chi connectivity index (χ0v) is 14.9. The molecule has 0 saturated heterocycles. The number of aromatic nitrogens is 2. The molecule has 0 unspecified atom stereocenters. The molecule has 0 atom stereocenters. The lowest BCUT2D eigenvalue weighted by atomic mass is 10.2. The van der Waals surface area contributed by atoms with Crippen LogP contribution in [-0.4, -0.2) is 34.0 Å². The standard InChI is InChI=1S/C15H18N4O3S2/c1-23-13-11(12(21)17-7-10(16)20)14(22)19-8-5-3-2-4-6-9(8)24-15(19)18-13/h2-7H2,1H3,(H2,16,20)(H,17,21). The molecule has 2 aromatic rings. The number of thioether (sulfide) groups is 1. The van der Waals surface area contributed by atoms with Gasteiger partial charge in [0.05, 0.1) is 6.54 Å². The van der Waals surface area contributed by atoms with Crippen LogP contribution in [0.25, 0.3) is 4.96 Å². The maximum atomic E-state index is 13.0. The van der Waals surface area contributed by atoms with Crippen molar-refractivity contribution in [1.29, 1.82) is 0 Å². The lowest BCUT2D eigenvalue weighted by Crippen LogP contribution is -2.37. The van der Waals surface area contributed by atoms with E-state index in [9.17, 15) is 14.4 Å². The van der Waals surface area contributed by atoms with Crippen LogP contribution in [0.5, 0.6) is 0 Å². The van der Waals surface area contributed by atoms with Crippen molar-refractivity contribution < 1.29 is 9.59 Å². The van der Waals surface area contributed by atoms with E-state index in [1.165, 1.54) is 28.0 Å². The predicted molar refractivity (Wildman–Crippen MR) is 93.9 cm³/mol. The average Bonchev–Trinajstić information content (AvgIpc) is 2.74. The van der Waals surface area contributed by atoms with Crippen LogP contribution in [0, 0.1) is 0 Å². The molecule has 0 spiro atoms. The summed E-state index contributed by atoms with van der Waals surface area (Å²) in [5, 5.41) is 2.76. The number of nitrogens with one attached hydrogen (secondary N) is 1. The van der Waals surface area contributed by atoms with Crippen LogP contribution < -0.4 is 16.6 Å². The van der Waals surface area contributed by atoms with Crippen molar-refractivity contribution in [2.75, 3.05) is 12.8 Å². The topological polar surface area (TPSA) is 107 Å². The molecule has 0 aliphatic heterocycles. The molecule has 0 saturated carbocycles. The Labute approximate surface area is 146 Å². The molecule has 2 amide bonds. The lowest BCUT2D eigenvalue weighted by Gasteiger charge is -2.08. The summed E-state index contributed by atoms with van der Waals surface area (Å²) in [4.78, 5) is 42.5. The van der Waals surface area contributed by atoms with Crippen LogP contribution in [0.3, 0.4) is 0 Å². The van der Waals surface area contributed by atoms with Gasteiger partial charge in [-0.2, -0.15) is 0 Å². The van der Waals surface area contributed by atoms with E-state index in [0.717, 1.165) is 37.8 Å². The first kappa shape index (κ1) is 17.0. The van der Waals surface area contributed by atoms with Crippen molar-refractivity contribution in [2.24, 2.45) is 5.73 Å². The zero-order valence-electron chi connectivity index (χ0n) is 13.3. The van der Waals surface area contributed by atoms with Gasteiger partial charge in [0.15, 0.2) is 4.96 Å². The van der Waals surface area contributed by atoms with Gasteiger partial charge in [0, 0.05) is 10.6 Å². The molecular weight excluding hydrogens is 348 g/mol. The first-order valence-electron chi connectivity index (χ1n) is 7.70. The molecule has 1 aliphatic carbocycles. The van der Waals surface area contributed by atoms with Crippen LogP contribution in [0.15, 0.2) is 9.82 Å². The summed E-state index contributed by atoms with van der Waals surface area (Å²) in [6, 6.07) is 0. The quantitative estimate of drug-likeness (QED) is 0.476. The monoisotopic (exact) mass is 366 g/mol. The van der Waals surface area contributed by atoms with Crippen molar-refractivity contribution in [3.05, 3.63) is 26.5 Å². The van der Waals surface area contributed by atoms with Gasteiger partial charge in [0.2, 0.25) is 5.91 Å². The number of thiazole rings is 1. The second-order valence-electron chi connectivity index (χ2n) is 5.60. The summed E-state index contributed by atoms with van der Waals surface area (Å²) < 4.78 is 1.57. The number of nitrogens with two attached hydrogens (primary N) is 1. The van der Waals surface area contributed by atoms with Crippen molar-refractivity contribution in [3.63, 3.8) is 0 Å². The van der Waals surface area contributed by atoms with Crippen molar-refractivity contribution in [3.8, 4) is 0 Å². The Morgan fingerprint density at radius 3 is 2.79 bits per heavy atom. The minimum Gasteiger partial charge on any atom is -0.368 e. The van der Waals surface area contributed by atoms with E-state index in [1.807, 2.05) is 0 Å². The minimum atomic E-state index is -0.660. The van der Waals surface area contributed by atoms with Gasteiger partial charge in [-0.25, -0.2) is 4.98 Å². The Balaban J connectivity index is 2.16. The summed E-state index contributed by atoms with van der Waals surface area (Å²) >= 11 is 2.77. The maximum Gasteiger partial charge on any atom is 0.272 e. The number of aryl methyl sites for hydroxylation is 2. The fourth-order valence-electron chi connectivity index (χ4n) is 2.88. The van der Waals surface area contributed by atoms with Crippen molar-refractivity contribution >= 4 is 39.9 Å². The summed E-state index contributed by atoms with van der Waals surface area (Å²) in [5.41, 5.74) is 5.64. The Hall–Kier alpha value is -1.87. The Morgan fingerprint density at radius 2 is 2.08 bits per heavy atom. The van der Waals surface area contributed by atoms with Gasteiger partial charge in [-0.1, -0.05) is 6.42 Å². The van der Waals surface area contributed by atoms with E-state index >= 15 is 0 Å². The Morgan fingerprint density at radius 1 is 1.33 bits per heavy atom. The van der Waals surface area contributed by atoms with E-state index in [4.69, 9.17) is 5.73 Å². The molecule has 0 radical (unpaired) electrons. The number of fused-ring (bicyclic) bond motifs is 3. The number of hydrogen-bond acceptors (Lipinski definition) is 6. The molecule has 0 fully saturated rings. The number of hydrogen-bond donors (Lipinski definition) is 2. The van der Waals surface area contributed by atoms with Gasteiger partial charge in [0.25, 0.3) is 11.5 Å².